The summed E-state index contributed by atoms with van der Waals surface area (Å²) in [5.41, 5.74) is 2.66. The van der Waals surface area contributed by atoms with Crippen molar-refractivity contribution in [1.82, 2.24) is 29.9 Å². The van der Waals surface area contributed by atoms with E-state index in [9.17, 15) is 4.79 Å². The van der Waals surface area contributed by atoms with Crippen molar-refractivity contribution in [2.24, 2.45) is 11.8 Å². The normalized spacial score (nSPS) is 26.0. The fraction of sp³-hybridized carbons (Fsp3) is 0.579. The first-order valence-electron chi connectivity index (χ1n) is 9.69. The molecule has 2 fully saturated rings. The van der Waals surface area contributed by atoms with Gasteiger partial charge in [0.25, 0.3) is 0 Å². The number of H-pyrrole nitrogens is 1. The smallest absolute Gasteiger partial charge is 0.220 e. The molecule has 7 heteroatoms. The van der Waals surface area contributed by atoms with Gasteiger partial charge in [-0.1, -0.05) is 13.3 Å². The van der Waals surface area contributed by atoms with Crippen LogP contribution in [0.2, 0.25) is 0 Å². The van der Waals surface area contributed by atoms with Gasteiger partial charge in [0.05, 0.1) is 11.7 Å². The third-order valence-electron chi connectivity index (χ3n) is 6.03. The molecule has 2 aliphatic rings. The predicted octanol–water partition coefficient (Wildman–Crippen LogP) is 2.79. The molecule has 3 atom stereocenters. The fourth-order valence-corrected chi connectivity index (χ4v) is 4.59. The van der Waals surface area contributed by atoms with E-state index in [1.807, 2.05) is 12.3 Å². The molecule has 1 amide bonds. The number of rotatable bonds is 5. The summed E-state index contributed by atoms with van der Waals surface area (Å²) in [5, 5.41) is 12.0. The zero-order chi connectivity index (χ0) is 17.7. The van der Waals surface area contributed by atoms with Crippen LogP contribution in [0.4, 0.5) is 0 Å². The van der Waals surface area contributed by atoms with Gasteiger partial charge in [-0.15, -0.1) is 10.2 Å². The first-order valence-corrected chi connectivity index (χ1v) is 9.69. The van der Waals surface area contributed by atoms with Crippen molar-refractivity contribution in [2.45, 2.75) is 57.4 Å². The summed E-state index contributed by atoms with van der Waals surface area (Å²) in [5.74, 6) is 2.55. The van der Waals surface area contributed by atoms with E-state index < -0.39 is 0 Å². The molecule has 0 saturated heterocycles. The van der Waals surface area contributed by atoms with Crippen molar-refractivity contribution in [2.75, 3.05) is 0 Å². The second-order valence-corrected chi connectivity index (χ2v) is 7.88. The van der Waals surface area contributed by atoms with E-state index in [4.69, 9.17) is 0 Å². The average Bonchev–Trinajstić information content (AvgIpc) is 3.03. The van der Waals surface area contributed by atoms with Gasteiger partial charge in [0.1, 0.15) is 5.82 Å². The number of hydrogen-bond acceptors (Lipinski definition) is 4. The molecule has 5 rings (SSSR count). The predicted molar refractivity (Wildman–Crippen MR) is 97.7 cm³/mol. The van der Waals surface area contributed by atoms with Crippen LogP contribution in [0, 0.1) is 11.8 Å². The van der Waals surface area contributed by atoms with Crippen molar-refractivity contribution in [3.8, 4) is 0 Å². The molecule has 2 N–H and O–H groups in total. The molecule has 0 spiro atoms. The van der Waals surface area contributed by atoms with Crippen LogP contribution in [-0.4, -0.2) is 36.5 Å². The van der Waals surface area contributed by atoms with Crippen LogP contribution in [0.5, 0.6) is 0 Å². The molecule has 0 aromatic carbocycles. The van der Waals surface area contributed by atoms with Crippen LogP contribution in [0.25, 0.3) is 16.8 Å². The van der Waals surface area contributed by atoms with Crippen LogP contribution in [0.1, 0.15) is 57.2 Å². The Bertz CT molecular complexity index is 955. The molecule has 26 heavy (non-hydrogen) atoms. The van der Waals surface area contributed by atoms with Crippen molar-refractivity contribution < 1.29 is 4.79 Å². The first kappa shape index (κ1) is 15.8. The Morgan fingerprint density at radius 2 is 2.23 bits per heavy atom. The van der Waals surface area contributed by atoms with Gasteiger partial charge in [-0.25, -0.2) is 4.98 Å². The lowest BCUT2D eigenvalue weighted by molar-refractivity contribution is -0.122. The minimum atomic E-state index is 0.219. The van der Waals surface area contributed by atoms with Crippen LogP contribution < -0.4 is 5.32 Å². The molecule has 3 aromatic heterocycles. The second kappa shape index (κ2) is 6.07. The number of fused-ring (bicyclic) bond motifs is 3. The highest BCUT2D eigenvalue weighted by atomic mass is 16.1. The van der Waals surface area contributed by atoms with Gasteiger partial charge in [0.15, 0.2) is 11.3 Å². The Labute approximate surface area is 151 Å². The molecule has 3 aromatic rings. The summed E-state index contributed by atoms with van der Waals surface area (Å²) in [7, 11) is 0. The SMILES string of the molecule is CC[C@@H]1C[C@H](CC(=O)NC2CC2)C[C@@H]1c1nnc2cnc3[nH]ccc3n12. The van der Waals surface area contributed by atoms with Crippen LogP contribution in [0.15, 0.2) is 18.5 Å². The van der Waals surface area contributed by atoms with E-state index in [1.54, 1.807) is 6.20 Å². The molecule has 0 unspecified atom stereocenters. The number of amides is 1. The van der Waals surface area contributed by atoms with E-state index in [0.717, 1.165) is 54.7 Å². The maximum absolute atomic E-state index is 12.2. The van der Waals surface area contributed by atoms with Gasteiger partial charge >= 0.3 is 0 Å². The maximum Gasteiger partial charge on any atom is 0.220 e. The topological polar surface area (TPSA) is 88.0 Å². The number of hydrogen-bond donors (Lipinski definition) is 2. The first-order chi connectivity index (χ1) is 12.7. The molecule has 136 valence electrons. The summed E-state index contributed by atoms with van der Waals surface area (Å²) in [6.07, 6.45) is 9.79. The van der Waals surface area contributed by atoms with Gasteiger partial charge in [0, 0.05) is 24.6 Å². The zero-order valence-corrected chi connectivity index (χ0v) is 15.0. The van der Waals surface area contributed by atoms with Crippen LogP contribution in [-0.2, 0) is 4.79 Å². The van der Waals surface area contributed by atoms with E-state index in [0.29, 0.717) is 30.2 Å². The highest BCUT2D eigenvalue weighted by Gasteiger charge is 2.38. The zero-order valence-electron chi connectivity index (χ0n) is 15.0. The summed E-state index contributed by atoms with van der Waals surface area (Å²) in [6.45, 7) is 2.24. The quantitative estimate of drug-likeness (QED) is 0.739. The number of nitrogens with zero attached hydrogens (tertiary/aromatic N) is 4. The molecular formula is C19H24N6O. The van der Waals surface area contributed by atoms with Crippen molar-refractivity contribution in [3.05, 3.63) is 24.3 Å². The van der Waals surface area contributed by atoms with Crippen LogP contribution >= 0.6 is 0 Å². The van der Waals surface area contributed by atoms with E-state index in [2.05, 4.69) is 36.8 Å². The van der Waals surface area contributed by atoms with Crippen molar-refractivity contribution >= 4 is 22.7 Å². The summed E-state index contributed by atoms with van der Waals surface area (Å²) in [4.78, 5) is 19.8. The molecule has 0 bridgehead atoms. The fourth-order valence-electron chi connectivity index (χ4n) is 4.59. The Morgan fingerprint density at radius 1 is 1.35 bits per heavy atom. The molecule has 3 heterocycles. The van der Waals surface area contributed by atoms with Crippen molar-refractivity contribution in [1.29, 1.82) is 0 Å². The summed E-state index contributed by atoms with van der Waals surface area (Å²) in [6, 6.07) is 2.47. The lowest BCUT2D eigenvalue weighted by atomic mass is 9.93. The minimum Gasteiger partial charge on any atom is -0.353 e. The number of aromatic amines is 1. The van der Waals surface area contributed by atoms with Gasteiger partial charge in [-0.05, 0) is 43.6 Å². The Kier molecular flexibility index (Phi) is 3.69. The molecule has 0 aliphatic heterocycles. The third kappa shape index (κ3) is 2.66. The van der Waals surface area contributed by atoms with Gasteiger partial charge in [-0.2, -0.15) is 0 Å². The third-order valence-corrected chi connectivity index (χ3v) is 6.03. The Hall–Kier alpha value is -2.44. The lowest BCUT2D eigenvalue weighted by Gasteiger charge is -2.16. The molecular weight excluding hydrogens is 328 g/mol. The Morgan fingerprint density at radius 3 is 3.04 bits per heavy atom. The Balaban J connectivity index is 1.44. The van der Waals surface area contributed by atoms with E-state index in [1.165, 1.54) is 0 Å². The van der Waals surface area contributed by atoms with E-state index in [-0.39, 0.29) is 5.91 Å². The number of carbonyl (C=O) groups excluding carboxylic acids is 1. The van der Waals surface area contributed by atoms with Crippen LogP contribution in [0.3, 0.4) is 0 Å². The molecule has 2 saturated carbocycles. The number of carbonyl (C=O) groups is 1. The van der Waals surface area contributed by atoms with Gasteiger partial charge in [0.2, 0.25) is 5.91 Å². The van der Waals surface area contributed by atoms with Crippen molar-refractivity contribution in [3.63, 3.8) is 0 Å². The monoisotopic (exact) mass is 352 g/mol. The molecule has 2 aliphatic carbocycles. The highest BCUT2D eigenvalue weighted by Crippen LogP contribution is 2.45. The number of aromatic nitrogens is 5. The lowest BCUT2D eigenvalue weighted by Crippen LogP contribution is -2.26. The highest BCUT2D eigenvalue weighted by molar-refractivity contribution is 5.77. The van der Waals surface area contributed by atoms with Gasteiger partial charge in [-0.3, -0.25) is 9.20 Å². The van der Waals surface area contributed by atoms with Gasteiger partial charge < -0.3 is 10.3 Å². The average molecular weight is 352 g/mol. The minimum absolute atomic E-state index is 0.219. The largest absolute Gasteiger partial charge is 0.353 e. The summed E-state index contributed by atoms with van der Waals surface area (Å²) >= 11 is 0. The summed E-state index contributed by atoms with van der Waals surface area (Å²) < 4.78 is 2.14. The van der Waals surface area contributed by atoms with E-state index >= 15 is 0 Å². The standard InChI is InChI=1S/C19H24N6O/c1-2-12-7-11(9-17(26)22-13-3-4-13)8-14(12)19-24-23-16-10-21-18-15(25(16)19)5-6-20-18/h5-6,10-14,20H,2-4,7-9H2,1H3,(H,22,26)/t11-,12+,14-/m0/s1. The second-order valence-electron chi connectivity index (χ2n) is 7.88. The maximum atomic E-state index is 12.2. The molecule has 0 radical (unpaired) electrons. The molecule has 7 nitrogen and oxygen atoms in total. The number of nitrogens with one attached hydrogen (secondary N) is 2.